The summed E-state index contributed by atoms with van der Waals surface area (Å²) in [6.45, 7) is 4.12. The monoisotopic (exact) mass is 214 g/mol. The third-order valence-corrected chi connectivity index (χ3v) is 2.73. The summed E-state index contributed by atoms with van der Waals surface area (Å²) >= 11 is 0. The fraction of sp³-hybridized carbons (Fsp3) is 0.357. The Morgan fingerprint density at radius 2 is 2.06 bits per heavy atom. The molecule has 0 amide bonds. The molecule has 1 heterocycles. The minimum atomic E-state index is -0.0981. The number of nitrogens with two attached hydrogens (primary N) is 1. The second-order valence-corrected chi connectivity index (χ2v) is 5.02. The molecule has 0 unspecified atom stereocenters. The number of aromatic nitrogens is 1. The Morgan fingerprint density at radius 1 is 1.25 bits per heavy atom. The van der Waals surface area contributed by atoms with Crippen molar-refractivity contribution in [1.82, 2.24) is 4.98 Å². The van der Waals surface area contributed by atoms with Crippen molar-refractivity contribution >= 4 is 10.9 Å². The predicted octanol–water partition coefficient (Wildman–Crippen LogP) is 2.90. The molecule has 0 fully saturated rings. The van der Waals surface area contributed by atoms with Crippen LogP contribution in [0.25, 0.3) is 10.9 Å². The van der Waals surface area contributed by atoms with Crippen molar-refractivity contribution in [2.45, 2.75) is 32.2 Å². The number of aryl methyl sites for hydroxylation is 1. The lowest BCUT2D eigenvalue weighted by Crippen LogP contribution is -2.32. The zero-order chi connectivity index (χ0) is 11.6. The van der Waals surface area contributed by atoms with Gasteiger partial charge in [0.15, 0.2) is 0 Å². The second kappa shape index (κ2) is 4.22. The van der Waals surface area contributed by atoms with E-state index in [1.807, 2.05) is 12.3 Å². The smallest absolute Gasteiger partial charge is 0.0704 e. The van der Waals surface area contributed by atoms with Crippen LogP contribution in [0, 0.1) is 0 Å². The summed E-state index contributed by atoms with van der Waals surface area (Å²) in [4.78, 5) is 4.36. The molecule has 2 heteroatoms. The summed E-state index contributed by atoms with van der Waals surface area (Å²) < 4.78 is 0. The molecule has 2 aromatic rings. The average Bonchev–Trinajstić information content (AvgIpc) is 2.25. The van der Waals surface area contributed by atoms with E-state index in [2.05, 4.69) is 43.1 Å². The van der Waals surface area contributed by atoms with Gasteiger partial charge in [-0.05, 0) is 44.4 Å². The van der Waals surface area contributed by atoms with E-state index in [0.717, 1.165) is 18.4 Å². The van der Waals surface area contributed by atoms with Crippen LogP contribution >= 0.6 is 0 Å². The van der Waals surface area contributed by atoms with Gasteiger partial charge in [0.25, 0.3) is 0 Å². The van der Waals surface area contributed by atoms with Gasteiger partial charge in [-0.15, -0.1) is 0 Å². The van der Waals surface area contributed by atoms with Gasteiger partial charge in [0.05, 0.1) is 5.52 Å². The first kappa shape index (κ1) is 11.1. The summed E-state index contributed by atoms with van der Waals surface area (Å²) in [5.41, 5.74) is 8.26. The number of pyridine rings is 1. The molecule has 0 bridgehead atoms. The van der Waals surface area contributed by atoms with Crippen LogP contribution in [-0.2, 0) is 6.42 Å². The zero-order valence-corrected chi connectivity index (χ0v) is 9.90. The van der Waals surface area contributed by atoms with Crippen molar-refractivity contribution in [2.75, 3.05) is 0 Å². The Balaban J connectivity index is 2.20. The Labute approximate surface area is 96.5 Å². The van der Waals surface area contributed by atoms with E-state index in [0.29, 0.717) is 0 Å². The van der Waals surface area contributed by atoms with Crippen molar-refractivity contribution in [3.8, 4) is 0 Å². The maximum absolute atomic E-state index is 5.98. The number of rotatable bonds is 3. The number of fused-ring (bicyclic) bond motifs is 1. The van der Waals surface area contributed by atoms with Crippen molar-refractivity contribution in [3.63, 3.8) is 0 Å². The maximum atomic E-state index is 5.98. The number of nitrogens with zero attached hydrogens (tertiary/aromatic N) is 1. The first-order valence-electron chi connectivity index (χ1n) is 5.67. The zero-order valence-electron chi connectivity index (χ0n) is 9.90. The molecule has 2 rings (SSSR count). The molecule has 0 saturated heterocycles. The molecule has 0 aliphatic carbocycles. The molecule has 2 N–H and O–H groups in total. The van der Waals surface area contributed by atoms with E-state index in [4.69, 9.17) is 5.73 Å². The third kappa shape index (κ3) is 2.80. The van der Waals surface area contributed by atoms with Crippen molar-refractivity contribution in [2.24, 2.45) is 5.73 Å². The minimum absolute atomic E-state index is 0.0981. The summed E-state index contributed by atoms with van der Waals surface area (Å²) in [5, 5.41) is 1.19. The fourth-order valence-electron chi connectivity index (χ4n) is 1.73. The van der Waals surface area contributed by atoms with Crippen molar-refractivity contribution < 1.29 is 0 Å². The third-order valence-electron chi connectivity index (χ3n) is 2.73. The van der Waals surface area contributed by atoms with E-state index in [-0.39, 0.29) is 5.54 Å². The number of hydrogen-bond donors (Lipinski definition) is 1. The second-order valence-electron chi connectivity index (χ2n) is 5.02. The molecule has 2 nitrogen and oxygen atoms in total. The van der Waals surface area contributed by atoms with Gasteiger partial charge in [-0.3, -0.25) is 4.98 Å². The fourth-order valence-corrected chi connectivity index (χ4v) is 1.73. The van der Waals surface area contributed by atoms with Crippen LogP contribution in [0.15, 0.2) is 36.5 Å². The lowest BCUT2D eigenvalue weighted by atomic mass is 9.96. The molecule has 1 aromatic heterocycles. The normalized spacial score (nSPS) is 11.9. The molecule has 84 valence electrons. The molecule has 0 aliphatic heterocycles. The topological polar surface area (TPSA) is 38.9 Å². The highest BCUT2D eigenvalue weighted by Crippen LogP contribution is 2.16. The summed E-state index contributed by atoms with van der Waals surface area (Å²) in [6.07, 6.45) is 3.83. The lowest BCUT2D eigenvalue weighted by Gasteiger charge is -2.18. The molecule has 0 aliphatic rings. The molecule has 0 radical (unpaired) electrons. The van der Waals surface area contributed by atoms with E-state index < -0.39 is 0 Å². The maximum Gasteiger partial charge on any atom is 0.0704 e. The molecular formula is C14H18N2. The van der Waals surface area contributed by atoms with Crippen molar-refractivity contribution in [3.05, 3.63) is 42.1 Å². The highest BCUT2D eigenvalue weighted by Gasteiger charge is 2.10. The van der Waals surface area contributed by atoms with E-state index in [1.165, 1.54) is 10.9 Å². The SMILES string of the molecule is CC(C)(N)CCc1ccc2cccnc2c1. The lowest BCUT2D eigenvalue weighted by molar-refractivity contribution is 0.477. The van der Waals surface area contributed by atoms with E-state index in [1.54, 1.807) is 0 Å². The van der Waals surface area contributed by atoms with Crippen LogP contribution in [0.1, 0.15) is 25.8 Å². The predicted molar refractivity (Wildman–Crippen MR) is 68.3 cm³/mol. The van der Waals surface area contributed by atoms with Gasteiger partial charge in [0, 0.05) is 17.1 Å². The Morgan fingerprint density at radius 3 is 2.81 bits per heavy atom. The standard InChI is InChI=1S/C14H18N2/c1-14(2,15)8-7-11-5-6-12-4-3-9-16-13(12)10-11/h3-6,9-10H,7-8,15H2,1-2H3. The van der Waals surface area contributed by atoms with Crippen LogP contribution in [0.2, 0.25) is 0 Å². The minimum Gasteiger partial charge on any atom is -0.326 e. The van der Waals surface area contributed by atoms with Crippen LogP contribution < -0.4 is 5.73 Å². The molecule has 1 aromatic carbocycles. The Bertz CT molecular complexity index is 483. The van der Waals surface area contributed by atoms with Crippen LogP contribution in [0.3, 0.4) is 0 Å². The molecule has 16 heavy (non-hydrogen) atoms. The van der Waals surface area contributed by atoms with Crippen LogP contribution in [-0.4, -0.2) is 10.5 Å². The van der Waals surface area contributed by atoms with Gasteiger partial charge in [-0.1, -0.05) is 18.2 Å². The summed E-state index contributed by atoms with van der Waals surface area (Å²) in [5.74, 6) is 0. The van der Waals surface area contributed by atoms with Gasteiger partial charge in [0.1, 0.15) is 0 Å². The Hall–Kier alpha value is -1.41. The van der Waals surface area contributed by atoms with Gasteiger partial charge in [0.2, 0.25) is 0 Å². The summed E-state index contributed by atoms with van der Waals surface area (Å²) in [7, 11) is 0. The molecule has 0 atom stereocenters. The van der Waals surface area contributed by atoms with Crippen LogP contribution in [0.4, 0.5) is 0 Å². The van der Waals surface area contributed by atoms with E-state index >= 15 is 0 Å². The van der Waals surface area contributed by atoms with Crippen molar-refractivity contribution in [1.29, 1.82) is 0 Å². The summed E-state index contributed by atoms with van der Waals surface area (Å²) in [6, 6.07) is 10.5. The van der Waals surface area contributed by atoms with Gasteiger partial charge < -0.3 is 5.73 Å². The van der Waals surface area contributed by atoms with Gasteiger partial charge in [-0.2, -0.15) is 0 Å². The first-order chi connectivity index (χ1) is 7.54. The van der Waals surface area contributed by atoms with E-state index in [9.17, 15) is 0 Å². The molecule has 0 spiro atoms. The van der Waals surface area contributed by atoms with Crippen LogP contribution in [0.5, 0.6) is 0 Å². The Kier molecular flexibility index (Phi) is 2.92. The highest BCUT2D eigenvalue weighted by atomic mass is 14.7. The molecular weight excluding hydrogens is 196 g/mol. The number of benzene rings is 1. The average molecular weight is 214 g/mol. The van der Waals surface area contributed by atoms with Gasteiger partial charge >= 0.3 is 0 Å². The largest absolute Gasteiger partial charge is 0.326 e. The quantitative estimate of drug-likeness (QED) is 0.853. The number of hydrogen-bond acceptors (Lipinski definition) is 2. The molecule has 0 saturated carbocycles. The highest BCUT2D eigenvalue weighted by molar-refractivity contribution is 5.78. The van der Waals surface area contributed by atoms with Gasteiger partial charge in [-0.25, -0.2) is 0 Å². The first-order valence-corrected chi connectivity index (χ1v) is 5.67.